The lowest BCUT2D eigenvalue weighted by atomic mass is 10.1. The minimum absolute atomic E-state index is 0.378. The van der Waals surface area contributed by atoms with Gasteiger partial charge in [0.25, 0.3) is 0 Å². The van der Waals surface area contributed by atoms with Crippen LogP contribution in [0.15, 0.2) is 82.5 Å². The molecule has 0 saturated heterocycles. The average molecular weight is 277 g/mol. The lowest BCUT2D eigenvalue weighted by molar-refractivity contribution is 0.516. The summed E-state index contributed by atoms with van der Waals surface area (Å²) >= 11 is 0. The molecule has 0 aliphatic heterocycles. The zero-order chi connectivity index (χ0) is 14.7. The van der Waals surface area contributed by atoms with Crippen molar-refractivity contribution in [1.29, 1.82) is 0 Å². The second-order valence-corrected chi connectivity index (χ2v) is 4.67. The van der Waals surface area contributed by atoms with E-state index in [1.165, 1.54) is 0 Å². The first-order valence-corrected chi connectivity index (χ1v) is 6.77. The fourth-order valence-electron chi connectivity index (χ4n) is 2.38. The number of aromatic nitrogens is 1. The Balaban J connectivity index is 2.25. The SMILES string of the molecule is C=CCc1c(-c2ccccc2)oc(=O)n1-c1ccccc1. The average Bonchev–Trinajstić information content (AvgIpc) is 2.86. The number of hydrogen-bond acceptors (Lipinski definition) is 2. The molecular weight excluding hydrogens is 262 g/mol. The van der Waals surface area contributed by atoms with Crippen molar-refractivity contribution >= 4 is 0 Å². The Morgan fingerprint density at radius 3 is 2.24 bits per heavy atom. The highest BCUT2D eigenvalue weighted by Gasteiger charge is 2.18. The van der Waals surface area contributed by atoms with Crippen molar-refractivity contribution in [3.63, 3.8) is 0 Å². The molecule has 3 aromatic rings. The van der Waals surface area contributed by atoms with E-state index in [4.69, 9.17) is 4.42 Å². The Morgan fingerprint density at radius 2 is 1.62 bits per heavy atom. The summed E-state index contributed by atoms with van der Waals surface area (Å²) in [6, 6.07) is 19.1. The van der Waals surface area contributed by atoms with Gasteiger partial charge in [-0.3, -0.25) is 0 Å². The standard InChI is InChI=1S/C18H15NO2/c1-2-9-16-17(14-10-5-3-6-11-14)21-18(20)19(16)15-12-7-4-8-13-15/h2-8,10-13H,1,9H2. The van der Waals surface area contributed by atoms with Crippen molar-refractivity contribution in [2.45, 2.75) is 6.42 Å². The van der Waals surface area contributed by atoms with Crippen LogP contribution in [0.25, 0.3) is 17.0 Å². The van der Waals surface area contributed by atoms with E-state index in [0.717, 1.165) is 16.9 Å². The van der Waals surface area contributed by atoms with E-state index in [9.17, 15) is 4.79 Å². The molecule has 3 nitrogen and oxygen atoms in total. The highest BCUT2D eigenvalue weighted by Crippen LogP contribution is 2.25. The van der Waals surface area contributed by atoms with Gasteiger partial charge in [0.2, 0.25) is 0 Å². The molecule has 0 saturated carbocycles. The molecule has 2 aromatic carbocycles. The van der Waals surface area contributed by atoms with Gasteiger partial charge >= 0.3 is 5.76 Å². The largest absolute Gasteiger partial charge is 0.424 e. The lowest BCUT2D eigenvalue weighted by Gasteiger charge is -2.06. The number of nitrogens with zero attached hydrogens (tertiary/aromatic N) is 1. The molecular formula is C18H15NO2. The predicted octanol–water partition coefficient (Wildman–Crippen LogP) is 3.83. The van der Waals surface area contributed by atoms with E-state index < -0.39 is 0 Å². The molecule has 0 bridgehead atoms. The fourth-order valence-corrected chi connectivity index (χ4v) is 2.38. The van der Waals surface area contributed by atoms with Crippen LogP contribution in [-0.2, 0) is 6.42 Å². The Bertz CT molecular complexity index is 798. The quantitative estimate of drug-likeness (QED) is 0.679. The number of oxazole rings is 1. The smallest absolute Gasteiger partial charge is 0.407 e. The summed E-state index contributed by atoms with van der Waals surface area (Å²) in [5.74, 6) is 0.223. The van der Waals surface area contributed by atoms with Gasteiger partial charge in [0, 0.05) is 12.0 Å². The van der Waals surface area contributed by atoms with E-state index >= 15 is 0 Å². The van der Waals surface area contributed by atoms with E-state index in [1.807, 2.05) is 60.7 Å². The van der Waals surface area contributed by atoms with Gasteiger partial charge in [-0.15, -0.1) is 6.58 Å². The minimum Gasteiger partial charge on any atom is -0.407 e. The number of para-hydroxylation sites is 1. The van der Waals surface area contributed by atoms with Crippen molar-refractivity contribution in [3.05, 3.63) is 89.6 Å². The molecule has 21 heavy (non-hydrogen) atoms. The number of rotatable bonds is 4. The van der Waals surface area contributed by atoms with Crippen LogP contribution in [0.1, 0.15) is 5.69 Å². The van der Waals surface area contributed by atoms with Gasteiger partial charge < -0.3 is 4.42 Å². The van der Waals surface area contributed by atoms with Crippen molar-refractivity contribution in [2.75, 3.05) is 0 Å². The van der Waals surface area contributed by atoms with Crippen molar-refractivity contribution in [3.8, 4) is 17.0 Å². The summed E-state index contributed by atoms with van der Waals surface area (Å²) in [5, 5.41) is 0. The molecule has 1 heterocycles. The van der Waals surface area contributed by atoms with Gasteiger partial charge in [0.05, 0.1) is 11.4 Å². The second kappa shape index (κ2) is 5.67. The maximum atomic E-state index is 12.3. The van der Waals surface area contributed by atoms with Crippen molar-refractivity contribution < 1.29 is 4.42 Å². The first-order chi connectivity index (χ1) is 10.3. The van der Waals surface area contributed by atoms with Gasteiger partial charge in [-0.1, -0.05) is 54.6 Å². The van der Waals surface area contributed by atoms with Crippen LogP contribution in [0.4, 0.5) is 0 Å². The van der Waals surface area contributed by atoms with Gasteiger partial charge in [-0.05, 0) is 12.1 Å². The molecule has 1 aromatic heterocycles. The first kappa shape index (κ1) is 13.2. The Hall–Kier alpha value is -2.81. The van der Waals surface area contributed by atoms with E-state index in [2.05, 4.69) is 6.58 Å². The molecule has 3 heteroatoms. The molecule has 0 spiro atoms. The molecule has 0 unspecified atom stereocenters. The van der Waals surface area contributed by atoms with E-state index in [1.54, 1.807) is 10.6 Å². The number of allylic oxidation sites excluding steroid dienone is 1. The summed E-state index contributed by atoms with van der Waals surface area (Å²) in [7, 11) is 0. The first-order valence-electron chi connectivity index (χ1n) is 6.77. The zero-order valence-corrected chi connectivity index (χ0v) is 11.5. The summed E-state index contributed by atoms with van der Waals surface area (Å²) < 4.78 is 7.10. The van der Waals surface area contributed by atoms with E-state index in [0.29, 0.717) is 12.2 Å². The Labute approximate surface area is 122 Å². The Morgan fingerprint density at radius 1 is 1.00 bits per heavy atom. The molecule has 0 atom stereocenters. The minimum atomic E-state index is -0.378. The van der Waals surface area contributed by atoms with Gasteiger partial charge in [0.15, 0.2) is 5.76 Å². The van der Waals surface area contributed by atoms with E-state index in [-0.39, 0.29) is 5.76 Å². The van der Waals surface area contributed by atoms with Crippen molar-refractivity contribution in [2.24, 2.45) is 0 Å². The van der Waals surface area contributed by atoms with Crippen LogP contribution in [-0.4, -0.2) is 4.57 Å². The third-order valence-corrected chi connectivity index (χ3v) is 3.29. The number of benzene rings is 2. The number of hydrogen-bond donors (Lipinski definition) is 0. The van der Waals surface area contributed by atoms with Crippen LogP contribution in [0.5, 0.6) is 0 Å². The Kier molecular flexibility index (Phi) is 3.56. The molecule has 104 valence electrons. The summed E-state index contributed by atoms with van der Waals surface area (Å²) in [4.78, 5) is 12.3. The summed E-state index contributed by atoms with van der Waals surface area (Å²) in [5.41, 5.74) is 2.50. The molecule has 0 fully saturated rings. The molecule has 0 amide bonds. The molecule has 0 radical (unpaired) electrons. The molecule has 0 aliphatic rings. The highest BCUT2D eigenvalue weighted by atomic mass is 16.4. The van der Waals surface area contributed by atoms with Gasteiger partial charge in [0.1, 0.15) is 0 Å². The van der Waals surface area contributed by atoms with Crippen LogP contribution in [0.2, 0.25) is 0 Å². The van der Waals surface area contributed by atoms with Crippen LogP contribution < -0.4 is 5.76 Å². The van der Waals surface area contributed by atoms with Gasteiger partial charge in [-0.25, -0.2) is 9.36 Å². The van der Waals surface area contributed by atoms with Crippen LogP contribution in [0.3, 0.4) is 0 Å². The summed E-state index contributed by atoms with van der Waals surface area (Å²) in [6.45, 7) is 3.78. The maximum Gasteiger partial charge on any atom is 0.424 e. The lowest BCUT2D eigenvalue weighted by Crippen LogP contribution is -2.14. The highest BCUT2D eigenvalue weighted by molar-refractivity contribution is 5.61. The predicted molar refractivity (Wildman–Crippen MR) is 83.6 cm³/mol. The zero-order valence-electron chi connectivity index (χ0n) is 11.5. The monoisotopic (exact) mass is 277 g/mol. The van der Waals surface area contributed by atoms with Crippen LogP contribution in [0, 0.1) is 0 Å². The normalized spacial score (nSPS) is 10.5. The molecule has 0 aliphatic carbocycles. The third kappa shape index (κ3) is 2.46. The summed E-state index contributed by atoms with van der Waals surface area (Å²) in [6.07, 6.45) is 2.33. The molecule has 0 N–H and O–H groups in total. The topological polar surface area (TPSA) is 35.1 Å². The second-order valence-electron chi connectivity index (χ2n) is 4.67. The third-order valence-electron chi connectivity index (χ3n) is 3.29. The fraction of sp³-hybridized carbons (Fsp3) is 0.0556. The van der Waals surface area contributed by atoms with Crippen molar-refractivity contribution in [1.82, 2.24) is 4.57 Å². The van der Waals surface area contributed by atoms with Gasteiger partial charge in [-0.2, -0.15) is 0 Å². The maximum absolute atomic E-state index is 12.3. The van der Waals surface area contributed by atoms with Crippen LogP contribution >= 0.6 is 0 Å². The molecule has 3 rings (SSSR count).